The maximum atomic E-state index is 13.2. The van der Waals surface area contributed by atoms with E-state index >= 15 is 0 Å². The van der Waals surface area contributed by atoms with Crippen molar-refractivity contribution in [3.8, 4) is 5.75 Å². The second kappa shape index (κ2) is 17.5. The Hall–Kier alpha value is -2.30. The molecule has 0 unspecified atom stereocenters. The minimum absolute atomic E-state index is 0.136. The van der Waals surface area contributed by atoms with E-state index in [9.17, 15) is 44.3 Å². The van der Waals surface area contributed by atoms with Gasteiger partial charge in [-0.3, -0.25) is 4.79 Å². The van der Waals surface area contributed by atoms with E-state index in [-0.39, 0.29) is 24.1 Å². The maximum Gasteiger partial charge on any atom is 0.435 e. The van der Waals surface area contributed by atoms with E-state index in [1.165, 1.54) is 11.1 Å². The number of rotatable bonds is 16. The van der Waals surface area contributed by atoms with Gasteiger partial charge in [0.2, 0.25) is 0 Å². The van der Waals surface area contributed by atoms with Crippen molar-refractivity contribution < 1.29 is 63.3 Å². The van der Waals surface area contributed by atoms with Crippen molar-refractivity contribution in [2.75, 3.05) is 65.7 Å². The van der Waals surface area contributed by atoms with E-state index in [1.807, 2.05) is 13.0 Å². The average molecular weight is 789 g/mol. The normalized spacial score (nSPS) is 26.9. The van der Waals surface area contributed by atoms with Gasteiger partial charge < -0.3 is 28.7 Å². The molecule has 1 aromatic rings. The lowest BCUT2D eigenvalue weighted by atomic mass is 9.55. The van der Waals surface area contributed by atoms with Crippen LogP contribution in [0.2, 0.25) is 0 Å². The summed E-state index contributed by atoms with van der Waals surface area (Å²) in [5.74, 6) is 1.78. The highest BCUT2D eigenvalue weighted by atomic mass is 19.4. The van der Waals surface area contributed by atoms with Gasteiger partial charge in [0.1, 0.15) is 5.75 Å². The molecule has 3 fully saturated rings. The molecule has 2 saturated carbocycles. The molecular weight excluding hydrogens is 735 g/mol. The van der Waals surface area contributed by atoms with Gasteiger partial charge in [-0.2, -0.15) is 39.5 Å². The van der Waals surface area contributed by atoms with Crippen LogP contribution in [0, 0.1) is 17.3 Å². The van der Waals surface area contributed by atoms with Gasteiger partial charge in [0, 0.05) is 45.8 Å². The number of hydrogen-bond acceptors (Lipinski definition) is 7. The predicted molar refractivity (Wildman–Crippen MR) is 181 cm³/mol. The first-order chi connectivity index (χ1) is 25.4. The van der Waals surface area contributed by atoms with Crippen LogP contribution < -0.4 is 4.74 Å². The molecule has 1 saturated heterocycles. The lowest BCUT2D eigenvalue weighted by Crippen LogP contribution is -2.67. The summed E-state index contributed by atoms with van der Waals surface area (Å²) in [6.07, 6.45) is -13.8. The Balaban J connectivity index is 1.04. The predicted octanol–water partition coefficient (Wildman–Crippen LogP) is 8.49. The molecule has 16 heteroatoms. The molecular formula is C38H53F9N2O5. The fourth-order valence-corrected chi connectivity index (χ4v) is 9.51. The molecule has 0 aromatic heterocycles. The number of nitrogens with zero attached hydrogens (tertiary/aromatic N) is 2. The summed E-state index contributed by atoms with van der Waals surface area (Å²) in [7, 11) is 0. The van der Waals surface area contributed by atoms with E-state index in [2.05, 4.69) is 33.6 Å². The Kier molecular flexibility index (Phi) is 13.8. The molecule has 54 heavy (non-hydrogen) atoms. The Labute approximate surface area is 311 Å². The van der Waals surface area contributed by atoms with Crippen LogP contribution in [0.15, 0.2) is 18.2 Å². The Morgan fingerprint density at radius 1 is 0.815 bits per heavy atom. The molecule has 0 bridgehead atoms. The van der Waals surface area contributed by atoms with Crippen molar-refractivity contribution in [1.29, 1.82) is 0 Å². The number of carbonyl (C=O) groups excluding carboxylic acids is 1. The number of alkyl halides is 9. The molecule has 0 spiro atoms. The lowest BCUT2D eigenvalue weighted by molar-refractivity contribution is -0.457. The Morgan fingerprint density at radius 2 is 1.46 bits per heavy atom. The molecule has 308 valence electrons. The molecule has 4 aliphatic rings. The molecule has 1 aromatic carbocycles. The average Bonchev–Trinajstić information content (AvgIpc) is 3.43. The number of halogens is 9. The van der Waals surface area contributed by atoms with Crippen LogP contribution in [0.1, 0.15) is 88.7 Å². The van der Waals surface area contributed by atoms with E-state index in [4.69, 9.17) is 14.2 Å². The van der Waals surface area contributed by atoms with Crippen LogP contribution in [0.3, 0.4) is 0 Å². The molecule has 1 aliphatic heterocycles. The van der Waals surface area contributed by atoms with Crippen molar-refractivity contribution in [3.63, 3.8) is 0 Å². The highest BCUT2D eigenvalue weighted by molar-refractivity contribution is 5.69. The van der Waals surface area contributed by atoms with Gasteiger partial charge in [-0.05, 0) is 118 Å². The molecule has 0 N–H and O–H groups in total. The molecule has 0 amide bonds. The van der Waals surface area contributed by atoms with Crippen molar-refractivity contribution in [1.82, 2.24) is 9.80 Å². The smallest absolute Gasteiger partial charge is 0.435 e. The monoisotopic (exact) mass is 788 g/mol. The third kappa shape index (κ3) is 9.28. The largest absolute Gasteiger partial charge is 0.494 e. The van der Waals surface area contributed by atoms with Gasteiger partial charge >= 0.3 is 30.1 Å². The van der Waals surface area contributed by atoms with Crippen molar-refractivity contribution in [3.05, 3.63) is 29.3 Å². The third-order valence-electron chi connectivity index (χ3n) is 12.2. The Bertz CT molecular complexity index is 1350. The summed E-state index contributed by atoms with van der Waals surface area (Å²) in [5, 5.41) is 0. The standard InChI is InChI=1S/C38H53F9N2O5/c1-3-51-33(50)7-4-16-48-18-20-49(21-19-48)17-5-22-52-27-9-11-28-26(25-27)8-10-30-29(28)14-15-34(2)31(30)12-13-32(34)53-23-6-24-54-35(36(39,40)41,37(42,43)44)38(45,46)47/h9,11,25,29-32H,3-8,10,12-24H2,1-2H3/t29-,30-,31+,32+,34+/m1/s1. The summed E-state index contributed by atoms with van der Waals surface area (Å²) in [6.45, 7) is 9.04. The first-order valence-corrected chi connectivity index (χ1v) is 19.2. The van der Waals surface area contributed by atoms with Crippen LogP contribution >= 0.6 is 0 Å². The molecule has 0 radical (unpaired) electrons. The second-order valence-corrected chi connectivity index (χ2v) is 15.4. The number of hydrogen-bond donors (Lipinski definition) is 0. The SMILES string of the molecule is CCOC(=O)CCCN1CCN(CCCOc2ccc3c(c2)CC[C@@H]2[C@@H]3CC[C@]3(C)[C@@H](OCCCOC(C(F)(F)F)(C(F)(F)F)C(F)(F)F)CC[C@@H]23)CC1. The molecule has 7 nitrogen and oxygen atoms in total. The number of esters is 1. The summed E-state index contributed by atoms with van der Waals surface area (Å²) < 4.78 is 139. The van der Waals surface area contributed by atoms with Crippen LogP contribution in [-0.2, 0) is 25.4 Å². The van der Waals surface area contributed by atoms with Crippen LogP contribution in [0.4, 0.5) is 39.5 Å². The van der Waals surface area contributed by atoms with Crippen molar-refractivity contribution in [2.45, 2.75) is 114 Å². The number of piperazine rings is 1. The molecule has 5 atom stereocenters. The number of fused-ring (bicyclic) bond motifs is 5. The topological polar surface area (TPSA) is 60.5 Å². The number of benzene rings is 1. The summed E-state index contributed by atoms with van der Waals surface area (Å²) in [4.78, 5) is 16.4. The number of aryl methyl sites for hydroxylation is 1. The molecule has 3 aliphatic carbocycles. The fraction of sp³-hybridized carbons (Fsp3) is 0.816. The number of carbonyl (C=O) groups is 1. The zero-order valence-electron chi connectivity index (χ0n) is 31.0. The van der Waals surface area contributed by atoms with E-state index in [0.29, 0.717) is 43.8 Å². The van der Waals surface area contributed by atoms with Crippen LogP contribution in [0.25, 0.3) is 0 Å². The first kappa shape index (κ1) is 42.8. The summed E-state index contributed by atoms with van der Waals surface area (Å²) >= 11 is 0. The molecule has 5 rings (SSSR count). The van der Waals surface area contributed by atoms with Gasteiger partial charge in [-0.1, -0.05) is 13.0 Å². The highest BCUT2D eigenvalue weighted by Gasteiger charge is 2.85. The van der Waals surface area contributed by atoms with E-state index in [0.717, 1.165) is 90.0 Å². The first-order valence-electron chi connectivity index (χ1n) is 19.2. The lowest BCUT2D eigenvalue weighted by Gasteiger charge is -2.50. The van der Waals surface area contributed by atoms with Gasteiger partial charge in [0.25, 0.3) is 0 Å². The fourth-order valence-electron chi connectivity index (χ4n) is 9.51. The summed E-state index contributed by atoms with van der Waals surface area (Å²) in [5.41, 5.74) is -3.90. The van der Waals surface area contributed by atoms with Crippen molar-refractivity contribution >= 4 is 5.97 Å². The number of ether oxygens (including phenoxy) is 4. The quantitative estimate of drug-likeness (QED) is 0.0947. The Morgan fingerprint density at radius 3 is 2.09 bits per heavy atom. The van der Waals surface area contributed by atoms with Gasteiger partial charge in [0.15, 0.2) is 0 Å². The van der Waals surface area contributed by atoms with E-state index < -0.39 is 37.2 Å². The van der Waals surface area contributed by atoms with Gasteiger partial charge in [-0.25, -0.2) is 0 Å². The van der Waals surface area contributed by atoms with Crippen molar-refractivity contribution in [2.24, 2.45) is 17.3 Å². The van der Waals surface area contributed by atoms with E-state index in [1.54, 1.807) is 0 Å². The minimum atomic E-state index is -6.74. The van der Waals surface area contributed by atoms with Gasteiger partial charge in [-0.15, -0.1) is 0 Å². The molecule has 1 heterocycles. The zero-order chi connectivity index (χ0) is 39.4. The van der Waals surface area contributed by atoms with Gasteiger partial charge in [0.05, 0.1) is 25.9 Å². The van der Waals surface area contributed by atoms with Crippen LogP contribution in [-0.4, -0.2) is 112 Å². The highest BCUT2D eigenvalue weighted by Crippen LogP contribution is 2.62. The minimum Gasteiger partial charge on any atom is -0.494 e. The van der Waals surface area contributed by atoms with Crippen LogP contribution in [0.5, 0.6) is 5.75 Å². The second-order valence-electron chi connectivity index (χ2n) is 15.4. The third-order valence-corrected chi connectivity index (χ3v) is 12.2. The maximum absolute atomic E-state index is 13.2. The zero-order valence-corrected chi connectivity index (χ0v) is 31.0. The summed E-state index contributed by atoms with van der Waals surface area (Å²) in [6, 6.07) is 6.37.